The summed E-state index contributed by atoms with van der Waals surface area (Å²) in [6.45, 7) is 12.1. The predicted octanol–water partition coefficient (Wildman–Crippen LogP) is 2.44. The highest BCUT2D eigenvalue weighted by atomic mass is 16.2. The number of carbonyl (C=O) groups excluding carboxylic acids is 1. The van der Waals surface area contributed by atoms with Gasteiger partial charge >= 0.3 is 0 Å². The maximum absolute atomic E-state index is 12.8. The van der Waals surface area contributed by atoms with E-state index >= 15 is 0 Å². The van der Waals surface area contributed by atoms with Crippen LogP contribution in [0, 0.1) is 5.92 Å². The summed E-state index contributed by atoms with van der Waals surface area (Å²) in [5.41, 5.74) is 0. The first kappa shape index (κ1) is 17.7. The molecule has 0 N–H and O–H groups in total. The summed E-state index contributed by atoms with van der Waals surface area (Å²) in [6, 6.07) is 0.513. The van der Waals surface area contributed by atoms with Gasteiger partial charge in [-0.05, 0) is 25.7 Å². The summed E-state index contributed by atoms with van der Waals surface area (Å²) in [6.07, 6.45) is 6.29. The summed E-state index contributed by atoms with van der Waals surface area (Å²) in [7, 11) is 2.02. The monoisotopic (exact) mass is 309 g/mol. The average molecular weight is 309 g/mol. The molecule has 1 saturated heterocycles. The number of carbonyl (C=O) groups is 1. The largest absolute Gasteiger partial charge is 0.341 e. The second-order valence-corrected chi connectivity index (χ2v) is 7.65. The van der Waals surface area contributed by atoms with E-state index in [-0.39, 0.29) is 6.04 Å². The molecule has 128 valence electrons. The molecule has 22 heavy (non-hydrogen) atoms. The quantitative estimate of drug-likeness (QED) is 0.780. The molecule has 0 aromatic carbocycles. The van der Waals surface area contributed by atoms with Gasteiger partial charge in [0.25, 0.3) is 0 Å². The van der Waals surface area contributed by atoms with Crippen LogP contribution in [0.4, 0.5) is 0 Å². The van der Waals surface area contributed by atoms with Crippen molar-refractivity contribution >= 4 is 5.91 Å². The van der Waals surface area contributed by atoms with Crippen molar-refractivity contribution in [3.8, 4) is 0 Å². The zero-order chi connectivity index (χ0) is 16.1. The van der Waals surface area contributed by atoms with E-state index in [1.165, 1.54) is 38.6 Å². The van der Waals surface area contributed by atoms with Crippen LogP contribution in [0.25, 0.3) is 0 Å². The minimum absolute atomic E-state index is 0.0353. The van der Waals surface area contributed by atoms with Crippen LogP contribution in [0.1, 0.15) is 52.9 Å². The van der Waals surface area contributed by atoms with Gasteiger partial charge in [0, 0.05) is 45.8 Å². The van der Waals surface area contributed by atoms with Crippen LogP contribution in [0.5, 0.6) is 0 Å². The summed E-state index contributed by atoms with van der Waals surface area (Å²) in [4.78, 5) is 19.7. The Morgan fingerprint density at radius 3 is 2.18 bits per heavy atom. The maximum Gasteiger partial charge on any atom is 0.239 e. The molecule has 0 aromatic rings. The van der Waals surface area contributed by atoms with Crippen LogP contribution in [-0.2, 0) is 4.79 Å². The van der Waals surface area contributed by atoms with Crippen molar-refractivity contribution in [3.05, 3.63) is 0 Å². The molecule has 1 unspecified atom stereocenters. The molecule has 1 atom stereocenters. The molecular formula is C18H35N3O. The molecule has 4 nitrogen and oxygen atoms in total. The van der Waals surface area contributed by atoms with Crippen molar-refractivity contribution in [1.29, 1.82) is 0 Å². The Balaban J connectivity index is 1.80. The van der Waals surface area contributed by atoms with Gasteiger partial charge in [0.15, 0.2) is 0 Å². The second-order valence-electron chi connectivity index (χ2n) is 7.65. The molecule has 4 heteroatoms. The Kier molecular flexibility index (Phi) is 6.69. The third-order valence-electron chi connectivity index (χ3n) is 5.41. The summed E-state index contributed by atoms with van der Waals surface area (Å²) < 4.78 is 0. The topological polar surface area (TPSA) is 26.8 Å². The first-order valence-electron chi connectivity index (χ1n) is 9.22. The average Bonchev–Trinajstić information content (AvgIpc) is 2.54. The molecule has 0 spiro atoms. The molecule has 1 heterocycles. The second kappa shape index (κ2) is 8.30. The Labute approximate surface area is 136 Å². The van der Waals surface area contributed by atoms with E-state index in [1.807, 2.05) is 11.9 Å². The van der Waals surface area contributed by atoms with Gasteiger partial charge in [-0.2, -0.15) is 0 Å². The maximum atomic E-state index is 12.8. The number of hydrogen-bond acceptors (Lipinski definition) is 3. The molecule has 1 aliphatic heterocycles. The lowest BCUT2D eigenvalue weighted by atomic mass is 9.94. The van der Waals surface area contributed by atoms with Crippen molar-refractivity contribution in [2.45, 2.75) is 65.0 Å². The van der Waals surface area contributed by atoms with Crippen LogP contribution < -0.4 is 0 Å². The normalized spacial score (nSPS) is 23.7. The summed E-state index contributed by atoms with van der Waals surface area (Å²) in [5.74, 6) is 1.05. The van der Waals surface area contributed by atoms with E-state index in [9.17, 15) is 4.79 Å². The molecular weight excluding hydrogens is 274 g/mol. The zero-order valence-corrected chi connectivity index (χ0v) is 15.1. The molecule has 2 aliphatic rings. The van der Waals surface area contributed by atoms with E-state index in [2.05, 4.69) is 30.6 Å². The van der Waals surface area contributed by atoms with Crippen molar-refractivity contribution in [3.63, 3.8) is 0 Å². The summed E-state index contributed by atoms with van der Waals surface area (Å²) in [5, 5.41) is 0. The SMILES string of the molecule is CC(C)CN1CCN(C(C)C(=O)N(C)C2CCCCC2)CC1. The minimum atomic E-state index is 0.0353. The van der Waals surface area contributed by atoms with E-state index in [1.54, 1.807) is 0 Å². The Morgan fingerprint density at radius 1 is 1.05 bits per heavy atom. The first-order valence-corrected chi connectivity index (χ1v) is 9.22. The van der Waals surface area contributed by atoms with E-state index in [4.69, 9.17) is 0 Å². The number of nitrogens with zero attached hydrogens (tertiary/aromatic N) is 3. The number of amides is 1. The van der Waals surface area contributed by atoms with Crippen LogP contribution >= 0.6 is 0 Å². The van der Waals surface area contributed by atoms with E-state index in [0.717, 1.165) is 32.1 Å². The van der Waals surface area contributed by atoms with Gasteiger partial charge in [-0.3, -0.25) is 9.69 Å². The van der Waals surface area contributed by atoms with E-state index < -0.39 is 0 Å². The fourth-order valence-electron chi connectivity index (χ4n) is 3.95. The van der Waals surface area contributed by atoms with Gasteiger partial charge in [0.1, 0.15) is 0 Å². The predicted molar refractivity (Wildman–Crippen MR) is 92.0 cm³/mol. The fraction of sp³-hybridized carbons (Fsp3) is 0.944. The van der Waals surface area contributed by atoms with Gasteiger partial charge < -0.3 is 9.80 Å². The highest BCUT2D eigenvalue weighted by molar-refractivity contribution is 5.81. The van der Waals surface area contributed by atoms with Crippen molar-refractivity contribution < 1.29 is 4.79 Å². The lowest BCUT2D eigenvalue weighted by molar-refractivity contribution is -0.138. The molecule has 2 rings (SSSR count). The molecule has 2 fully saturated rings. The fourth-order valence-corrected chi connectivity index (χ4v) is 3.95. The third-order valence-corrected chi connectivity index (χ3v) is 5.41. The highest BCUT2D eigenvalue weighted by Gasteiger charge is 2.30. The van der Waals surface area contributed by atoms with Gasteiger partial charge in [-0.25, -0.2) is 0 Å². The molecule has 1 amide bonds. The standard InChI is InChI=1S/C18H35N3O/c1-15(2)14-20-10-12-21(13-11-20)16(3)18(22)19(4)17-8-6-5-7-9-17/h15-17H,5-14H2,1-4H3. The minimum Gasteiger partial charge on any atom is -0.341 e. The molecule has 0 radical (unpaired) electrons. The molecule has 1 aliphatic carbocycles. The Morgan fingerprint density at radius 2 is 1.64 bits per heavy atom. The summed E-state index contributed by atoms with van der Waals surface area (Å²) >= 11 is 0. The number of likely N-dealkylation sites (N-methyl/N-ethyl adjacent to an activating group) is 1. The number of rotatable bonds is 5. The zero-order valence-electron chi connectivity index (χ0n) is 15.1. The van der Waals surface area contributed by atoms with Crippen molar-refractivity contribution in [2.24, 2.45) is 5.92 Å². The van der Waals surface area contributed by atoms with Gasteiger partial charge in [-0.15, -0.1) is 0 Å². The first-order chi connectivity index (χ1) is 10.5. The lowest BCUT2D eigenvalue weighted by Gasteiger charge is -2.40. The highest BCUT2D eigenvalue weighted by Crippen LogP contribution is 2.22. The van der Waals surface area contributed by atoms with E-state index in [0.29, 0.717) is 11.9 Å². The smallest absolute Gasteiger partial charge is 0.239 e. The Hall–Kier alpha value is -0.610. The molecule has 0 bridgehead atoms. The molecule has 1 saturated carbocycles. The van der Waals surface area contributed by atoms with Gasteiger partial charge in [-0.1, -0.05) is 33.1 Å². The third kappa shape index (κ3) is 4.69. The van der Waals surface area contributed by atoms with Crippen LogP contribution in [0.15, 0.2) is 0 Å². The Bertz CT molecular complexity index is 344. The van der Waals surface area contributed by atoms with Gasteiger partial charge in [0.2, 0.25) is 5.91 Å². The number of piperazine rings is 1. The molecule has 0 aromatic heterocycles. The van der Waals surface area contributed by atoms with Crippen LogP contribution in [-0.4, -0.2) is 72.5 Å². The lowest BCUT2D eigenvalue weighted by Crippen LogP contribution is -2.55. The van der Waals surface area contributed by atoms with Crippen molar-refractivity contribution in [1.82, 2.24) is 14.7 Å². The van der Waals surface area contributed by atoms with Crippen LogP contribution in [0.3, 0.4) is 0 Å². The number of hydrogen-bond donors (Lipinski definition) is 0. The van der Waals surface area contributed by atoms with Crippen molar-refractivity contribution in [2.75, 3.05) is 39.8 Å². The van der Waals surface area contributed by atoms with Crippen LogP contribution in [0.2, 0.25) is 0 Å². The van der Waals surface area contributed by atoms with Gasteiger partial charge in [0.05, 0.1) is 6.04 Å².